The number of nitrogens with two attached hydrogens (primary N) is 1. The highest BCUT2D eigenvalue weighted by Crippen LogP contribution is 2.33. The number of nitrogens with one attached hydrogen (secondary N) is 2. The van der Waals surface area contributed by atoms with Crippen molar-refractivity contribution in [1.82, 2.24) is 19.7 Å². The molecule has 0 aliphatic carbocycles. The van der Waals surface area contributed by atoms with Gasteiger partial charge in [-0.2, -0.15) is 10.4 Å². The fourth-order valence-electron chi connectivity index (χ4n) is 4.45. The zero-order chi connectivity index (χ0) is 26.0. The molecule has 11 heteroatoms. The van der Waals surface area contributed by atoms with E-state index < -0.39 is 5.54 Å². The zero-order valence-corrected chi connectivity index (χ0v) is 20.3. The molecular weight excluding hydrogens is 458 g/mol. The van der Waals surface area contributed by atoms with Crippen molar-refractivity contribution in [2.24, 2.45) is 17.8 Å². The van der Waals surface area contributed by atoms with Crippen LogP contribution in [0.3, 0.4) is 0 Å². The van der Waals surface area contributed by atoms with Gasteiger partial charge in [-0.25, -0.2) is 4.99 Å². The fraction of sp³-hybridized carbons (Fsp3) is 0.280. The maximum atomic E-state index is 13.4. The molecule has 11 nitrogen and oxygen atoms in total. The third-order valence-corrected chi connectivity index (χ3v) is 6.28. The van der Waals surface area contributed by atoms with Crippen molar-refractivity contribution in [3.8, 4) is 28.5 Å². The number of amides is 2. The first-order chi connectivity index (χ1) is 17.2. The number of H-pyrrole nitrogens is 1. The second-order valence-electron chi connectivity index (χ2n) is 8.96. The number of hydrogen-bond acceptors (Lipinski definition) is 5. The topological polar surface area (TPSA) is 160 Å². The van der Waals surface area contributed by atoms with Crippen LogP contribution in [-0.2, 0) is 16.6 Å². The number of aryl methyl sites for hydroxylation is 1. The quantitative estimate of drug-likeness (QED) is 0.360. The first-order valence-corrected chi connectivity index (χ1v) is 11.3. The monoisotopic (exact) mass is 485 g/mol. The molecule has 2 amide bonds. The van der Waals surface area contributed by atoms with E-state index >= 15 is 0 Å². The summed E-state index contributed by atoms with van der Waals surface area (Å²) < 4.78 is 1.69. The Bertz CT molecular complexity index is 1410. The highest BCUT2D eigenvalue weighted by Gasteiger charge is 2.44. The molecule has 0 saturated carbocycles. The van der Waals surface area contributed by atoms with Crippen molar-refractivity contribution in [3.05, 3.63) is 48.4 Å². The number of piperazine rings is 1. The second kappa shape index (κ2) is 9.50. The molecule has 1 fully saturated rings. The molecule has 184 valence electrons. The minimum atomic E-state index is -1.08. The molecule has 1 aliphatic heterocycles. The summed E-state index contributed by atoms with van der Waals surface area (Å²) in [5.74, 6) is -0.403. The summed E-state index contributed by atoms with van der Waals surface area (Å²) in [6.07, 6.45) is 4.21. The fourth-order valence-corrected chi connectivity index (χ4v) is 4.45. The molecule has 3 aromatic rings. The first-order valence-electron chi connectivity index (χ1n) is 11.3. The van der Waals surface area contributed by atoms with Gasteiger partial charge in [0.05, 0.1) is 18.0 Å². The van der Waals surface area contributed by atoms with Crippen LogP contribution in [-0.4, -0.2) is 62.3 Å². The van der Waals surface area contributed by atoms with E-state index in [1.54, 1.807) is 29.6 Å². The van der Waals surface area contributed by atoms with E-state index in [0.29, 0.717) is 24.5 Å². The van der Waals surface area contributed by atoms with Crippen molar-refractivity contribution in [2.45, 2.75) is 25.8 Å². The van der Waals surface area contributed by atoms with E-state index in [0.717, 1.165) is 28.7 Å². The largest absolute Gasteiger partial charge is 0.382 e. The molecule has 1 saturated heterocycles. The molecule has 1 aliphatic rings. The van der Waals surface area contributed by atoms with Gasteiger partial charge in [0.1, 0.15) is 24.1 Å². The maximum Gasteiger partial charge on any atom is 0.252 e. The number of amidine groups is 1. The number of aromatic nitrogens is 3. The number of aromatic amines is 1. The average molecular weight is 486 g/mol. The van der Waals surface area contributed by atoms with Gasteiger partial charge in [-0.05, 0) is 32.0 Å². The maximum absolute atomic E-state index is 13.4. The van der Waals surface area contributed by atoms with Crippen LogP contribution in [0.5, 0.6) is 0 Å². The smallest absolute Gasteiger partial charge is 0.252 e. The molecule has 3 heterocycles. The highest BCUT2D eigenvalue weighted by molar-refractivity contribution is 6.06. The van der Waals surface area contributed by atoms with E-state index in [2.05, 4.69) is 15.1 Å². The molecule has 0 bridgehead atoms. The van der Waals surface area contributed by atoms with E-state index in [-0.39, 0.29) is 24.1 Å². The SMILES string of the molecule is Cn1cc(-c2cc(-c3cccc(N4CCN(C(=O)CC#N)C(C)(C)C4=O)c3)[nH]c2C(N)=NC=N)cn1. The molecule has 4 rings (SSSR count). The van der Waals surface area contributed by atoms with Crippen molar-refractivity contribution >= 4 is 29.7 Å². The van der Waals surface area contributed by atoms with Gasteiger partial charge in [-0.1, -0.05) is 12.1 Å². The molecule has 0 radical (unpaired) electrons. The Morgan fingerprint density at radius 3 is 2.78 bits per heavy atom. The molecule has 2 aromatic heterocycles. The Morgan fingerprint density at radius 1 is 1.33 bits per heavy atom. The predicted molar refractivity (Wildman–Crippen MR) is 136 cm³/mol. The third kappa shape index (κ3) is 4.36. The van der Waals surface area contributed by atoms with Crippen LogP contribution in [0.4, 0.5) is 5.69 Å². The Hall–Kier alpha value is -4.72. The Labute approximate surface area is 208 Å². The standard InChI is InChI=1S/C25H27N9O2/c1-25(2)24(36)33(9-10-34(25)21(35)7-8-26)18-6-4-5-16(11-18)20-12-19(17-13-30-32(3)14-17)22(31-20)23(28)29-15-27/h4-6,11-15,31H,7,9-10H2,1-3H3,(H3,27,28,29). The summed E-state index contributed by atoms with van der Waals surface area (Å²) in [7, 11) is 1.82. The van der Waals surface area contributed by atoms with E-state index in [1.165, 1.54) is 4.90 Å². The Balaban J connectivity index is 1.70. The van der Waals surface area contributed by atoms with Crippen molar-refractivity contribution in [2.75, 3.05) is 18.0 Å². The van der Waals surface area contributed by atoms with Crippen LogP contribution in [0.1, 0.15) is 26.0 Å². The van der Waals surface area contributed by atoms with Crippen LogP contribution in [0.2, 0.25) is 0 Å². The van der Waals surface area contributed by atoms with Crippen LogP contribution in [0.25, 0.3) is 22.4 Å². The van der Waals surface area contributed by atoms with Gasteiger partial charge in [0.2, 0.25) is 5.91 Å². The summed E-state index contributed by atoms with van der Waals surface area (Å²) in [4.78, 5) is 36.1. The van der Waals surface area contributed by atoms with Gasteiger partial charge in [-0.15, -0.1) is 0 Å². The van der Waals surface area contributed by atoms with Gasteiger partial charge in [-0.3, -0.25) is 19.7 Å². The van der Waals surface area contributed by atoms with Crippen LogP contribution < -0.4 is 10.6 Å². The normalized spacial score (nSPS) is 15.6. The molecule has 0 unspecified atom stereocenters. The van der Waals surface area contributed by atoms with E-state index in [1.807, 2.05) is 49.6 Å². The van der Waals surface area contributed by atoms with Gasteiger partial charge < -0.3 is 20.5 Å². The predicted octanol–water partition coefficient (Wildman–Crippen LogP) is 2.26. The number of hydrogen-bond donors (Lipinski definition) is 3. The summed E-state index contributed by atoms with van der Waals surface area (Å²) in [5.41, 5.74) is 9.51. The molecule has 4 N–H and O–H groups in total. The summed E-state index contributed by atoms with van der Waals surface area (Å²) in [5, 5.41) is 20.4. The number of rotatable bonds is 6. The molecular formula is C25H27N9O2. The number of carbonyl (C=O) groups is 2. The van der Waals surface area contributed by atoms with E-state index in [4.69, 9.17) is 16.4 Å². The van der Waals surface area contributed by atoms with Crippen molar-refractivity contribution < 1.29 is 9.59 Å². The number of aliphatic imine (C=N–C) groups is 1. The molecule has 0 spiro atoms. The highest BCUT2D eigenvalue weighted by atomic mass is 16.2. The third-order valence-electron chi connectivity index (χ3n) is 6.28. The minimum Gasteiger partial charge on any atom is -0.382 e. The average Bonchev–Trinajstić information content (AvgIpc) is 3.48. The summed E-state index contributed by atoms with van der Waals surface area (Å²) in [6, 6.07) is 11.3. The summed E-state index contributed by atoms with van der Waals surface area (Å²) in [6.45, 7) is 4.05. The van der Waals surface area contributed by atoms with Crippen LogP contribution >= 0.6 is 0 Å². The molecule has 36 heavy (non-hydrogen) atoms. The van der Waals surface area contributed by atoms with Crippen LogP contribution in [0, 0.1) is 16.7 Å². The lowest BCUT2D eigenvalue weighted by Crippen LogP contribution is -2.64. The lowest BCUT2D eigenvalue weighted by molar-refractivity contribution is -0.146. The first kappa shape index (κ1) is 24.4. The lowest BCUT2D eigenvalue weighted by Gasteiger charge is -2.45. The second-order valence-corrected chi connectivity index (χ2v) is 8.96. The van der Waals surface area contributed by atoms with E-state index in [9.17, 15) is 9.59 Å². The Kier molecular flexibility index (Phi) is 6.44. The number of carbonyl (C=O) groups excluding carboxylic acids is 2. The van der Waals surface area contributed by atoms with Gasteiger partial charge in [0.15, 0.2) is 0 Å². The van der Waals surface area contributed by atoms with Gasteiger partial charge in [0.25, 0.3) is 5.91 Å². The number of nitrogens with zero attached hydrogens (tertiary/aromatic N) is 6. The van der Waals surface area contributed by atoms with Gasteiger partial charge >= 0.3 is 0 Å². The van der Waals surface area contributed by atoms with Gasteiger partial charge in [0, 0.05) is 54.4 Å². The molecule has 0 atom stereocenters. The minimum absolute atomic E-state index is 0.168. The van der Waals surface area contributed by atoms with Crippen molar-refractivity contribution in [1.29, 1.82) is 10.7 Å². The summed E-state index contributed by atoms with van der Waals surface area (Å²) >= 11 is 0. The Morgan fingerprint density at radius 2 is 2.11 bits per heavy atom. The number of nitriles is 1. The van der Waals surface area contributed by atoms with Crippen molar-refractivity contribution in [3.63, 3.8) is 0 Å². The molecule has 1 aromatic carbocycles. The number of anilines is 1. The number of benzene rings is 1. The lowest BCUT2D eigenvalue weighted by atomic mass is 9.96. The van der Waals surface area contributed by atoms with Crippen LogP contribution in [0.15, 0.2) is 47.7 Å². The zero-order valence-electron chi connectivity index (χ0n) is 20.3.